The number of aromatic nitrogens is 1. The summed E-state index contributed by atoms with van der Waals surface area (Å²) < 4.78 is 25.2. The summed E-state index contributed by atoms with van der Waals surface area (Å²) in [7, 11) is 0. The van der Waals surface area contributed by atoms with E-state index < -0.39 is 6.43 Å². The van der Waals surface area contributed by atoms with Gasteiger partial charge in [-0.1, -0.05) is 0 Å². The van der Waals surface area contributed by atoms with Gasteiger partial charge in [0.25, 0.3) is 6.43 Å². The third-order valence-electron chi connectivity index (χ3n) is 1.86. The standard InChI is InChI=1S/C9H9F2N3/c10-9(11)8-6(1-2-12)4-14-5-7(8)3-13/h4-5,9H,1,3,13H2. The maximum Gasteiger partial charge on any atom is 0.264 e. The molecule has 0 spiro atoms. The van der Waals surface area contributed by atoms with Crippen LogP contribution < -0.4 is 5.73 Å². The predicted molar refractivity (Wildman–Crippen MR) is 46.4 cm³/mol. The highest BCUT2D eigenvalue weighted by Gasteiger charge is 2.16. The Labute approximate surface area is 80.2 Å². The third kappa shape index (κ3) is 2.03. The molecular weight excluding hydrogens is 188 g/mol. The normalized spacial score (nSPS) is 10.2. The van der Waals surface area contributed by atoms with Crippen LogP contribution in [0.25, 0.3) is 0 Å². The fourth-order valence-corrected chi connectivity index (χ4v) is 1.23. The number of nitrogens with zero attached hydrogens (tertiary/aromatic N) is 2. The van der Waals surface area contributed by atoms with Crippen LogP contribution in [-0.4, -0.2) is 4.98 Å². The molecule has 3 nitrogen and oxygen atoms in total. The van der Waals surface area contributed by atoms with Crippen LogP contribution in [0.5, 0.6) is 0 Å². The van der Waals surface area contributed by atoms with Crippen LogP contribution in [0.15, 0.2) is 12.4 Å². The molecule has 0 atom stereocenters. The summed E-state index contributed by atoms with van der Waals surface area (Å²) in [5, 5.41) is 8.44. The van der Waals surface area contributed by atoms with Crippen LogP contribution in [0, 0.1) is 11.3 Å². The van der Waals surface area contributed by atoms with Crippen LogP contribution in [-0.2, 0) is 13.0 Å². The van der Waals surface area contributed by atoms with Gasteiger partial charge in [0.15, 0.2) is 0 Å². The zero-order valence-electron chi connectivity index (χ0n) is 7.37. The molecule has 14 heavy (non-hydrogen) atoms. The first-order valence-electron chi connectivity index (χ1n) is 4.01. The minimum Gasteiger partial charge on any atom is -0.326 e. The molecule has 0 unspecified atom stereocenters. The van der Waals surface area contributed by atoms with Gasteiger partial charge in [0.2, 0.25) is 0 Å². The molecule has 2 N–H and O–H groups in total. The van der Waals surface area contributed by atoms with Crippen molar-refractivity contribution in [2.24, 2.45) is 5.73 Å². The molecule has 5 heteroatoms. The van der Waals surface area contributed by atoms with Crippen molar-refractivity contribution < 1.29 is 8.78 Å². The fourth-order valence-electron chi connectivity index (χ4n) is 1.23. The molecule has 0 aliphatic carbocycles. The Balaban J connectivity index is 3.22. The van der Waals surface area contributed by atoms with Gasteiger partial charge >= 0.3 is 0 Å². The number of halogens is 2. The van der Waals surface area contributed by atoms with E-state index in [0.29, 0.717) is 5.56 Å². The molecule has 0 radical (unpaired) electrons. The molecule has 1 heterocycles. The van der Waals surface area contributed by atoms with E-state index in [1.807, 2.05) is 6.07 Å². The van der Waals surface area contributed by atoms with Crippen molar-refractivity contribution >= 4 is 0 Å². The number of alkyl halides is 2. The summed E-state index contributed by atoms with van der Waals surface area (Å²) in [6.07, 6.45) is -0.0906. The molecule has 0 saturated heterocycles. The lowest BCUT2D eigenvalue weighted by molar-refractivity contribution is 0.149. The lowest BCUT2D eigenvalue weighted by atomic mass is 10.0. The van der Waals surface area contributed by atoms with Crippen LogP contribution >= 0.6 is 0 Å². The molecule has 0 fully saturated rings. The first-order valence-corrected chi connectivity index (χ1v) is 4.01. The van der Waals surface area contributed by atoms with Crippen molar-refractivity contribution in [1.29, 1.82) is 5.26 Å². The molecular formula is C9H9F2N3. The Kier molecular flexibility index (Phi) is 3.48. The minimum absolute atomic E-state index is 0.00589. The van der Waals surface area contributed by atoms with Gasteiger partial charge in [-0.05, 0) is 11.1 Å². The quantitative estimate of drug-likeness (QED) is 0.799. The van der Waals surface area contributed by atoms with Crippen molar-refractivity contribution in [2.75, 3.05) is 0 Å². The summed E-state index contributed by atoms with van der Waals surface area (Å²) >= 11 is 0. The number of hydrogen-bond donors (Lipinski definition) is 1. The molecule has 0 bridgehead atoms. The summed E-state index contributed by atoms with van der Waals surface area (Å²) in [6, 6.07) is 1.82. The average Bonchev–Trinajstić information content (AvgIpc) is 2.17. The van der Waals surface area contributed by atoms with Crippen LogP contribution in [0.3, 0.4) is 0 Å². The van der Waals surface area contributed by atoms with Crippen molar-refractivity contribution in [3.05, 3.63) is 29.1 Å². The molecule has 0 aromatic carbocycles. The Morgan fingerprint density at radius 3 is 2.57 bits per heavy atom. The Morgan fingerprint density at radius 1 is 1.43 bits per heavy atom. The average molecular weight is 197 g/mol. The molecule has 1 rings (SSSR count). The van der Waals surface area contributed by atoms with Crippen molar-refractivity contribution in [3.8, 4) is 6.07 Å². The molecule has 0 amide bonds. The van der Waals surface area contributed by atoms with E-state index in [1.54, 1.807) is 0 Å². The summed E-state index contributed by atoms with van der Waals surface area (Å²) in [4.78, 5) is 3.75. The van der Waals surface area contributed by atoms with Gasteiger partial charge in [-0.3, -0.25) is 4.98 Å². The second-order valence-electron chi connectivity index (χ2n) is 2.71. The molecule has 1 aromatic rings. The molecule has 0 saturated carbocycles. The van der Waals surface area contributed by atoms with Gasteiger partial charge < -0.3 is 5.73 Å². The van der Waals surface area contributed by atoms with E-state index in [9.17, 15) is 8.78 Å². The number of nitrogens with two attached hydrogens (primary N) is 1. The summed E-state index contributed by atoms with van der Waals surface area (Å²) in [5.74, 6) is 0. The zero-order valence-corrected chi connectivity index (χ0v) is 7.37. The molecule has 0 aliphatic rings. The molecule has 74 valence electrons. The first-order chi connectivity index (χ1) is 6.70. The lowest BCUT2D eigenvalue weighted by Crippen LogP contribution is -2.06. The smallest absolute Gasteiger partial charge is 0.264 e. The van der Waals surface area contributed by atoms with E-state index >= 15 is 0 Å². The number of nitriles is 1. The van der Waals surface area contributed by atoms with Crippen molar-refractivity contribution in [3.63, 3.8) is 0 Å². The summed E-state index contributed by atoms with van der Waals surface area (Å²) in [6.45, 7) is 0.00589. The number of pyridine rings is 1. The highest BCUT2D eigenvalue weighted by atomic mass is 19.3. The fraction of sp³-hybridized carbons (Fsp3) is 0.333. The Hall–Kier alpha value is -1.54. The van der Waals surface area contributed by atoms with Gasteiger partial charge in [-0.25, -0.2) is 8.78 Å². The summed E-state index contributed by atoms with van der Waals surface area (Å²) in [5.41, 5.74) is 5.70. The van der Waals surface area contributed by atoms with Gasteiger partial charge in [0.1, 0.15) is 0 Å². The van der Waals surface area contributed by atoms with E-state index in [1.165, 1.54) is 12.4 Å². The van der Waals surface area contributed by atoms with Crippen molar-refractivity contribution in [2.45, 2.75) is 19.4 Å². The third-order valence-corrected chi connectivity index (χ3v) is 1.86. The van der Waals surface area contributed by atoms with E-state index in [0.717, 1.165) is 0 Å². The molecule has 0 aliphatic heterocycles. The van der Waals surface area contributed by atoms with E-state index in [2.05, 4.69) is 4.98 Å². The number of hydrogen-bond acceptors (Lipinski definition) is 3. The monoisotopic (exact) mass is 197 g/mol. The maximum atomic E-state index is 12.6. The topological polar surface area (TPSA) is 62.7 Å². The van der Waals surface area contributed by atoms with Crippen LogP contribution in [0.4, 0.5) is 8.78 Å². The van der Waals surface area contributed by atoms with Gasteiger partial charge in [0.05, 0.1) is 12.5 Å². The van der Waals surface area contributed by atoms with E-state index in [-0.39, 0.29) is 24.1 Å². The van der Waals surface area contributed by atoms with Gasteiger partial charge in [-0.15, -0.1) is 0 Å². The first kappa shape index (κ1) is 10.5. The number of rotatable bonds is 3. The Bertz CT molecular complexity index is 358. The predicted octanol–water partition coefficient (Wildman–Crippen LogP) is 1.54. The largest absolute Gasteiger partial charge is 0.326 e. The van der Waals surface area contributed by atoms with Crippen LogP contribution in [0.1, 0.15) is 23.1 Å². The highest BCUT2D eigenvalue weighted by molar-refractivity contribution is 5.34. The highest BCUT2D eigenvalue weighted by Crippen LogP contribution is 2.26. The van der Waals surface area contributed by atoms with Gasteiger partial charge in [-0.2, -0.15) is 5.26 Å². The Morgan fingerprint density at radius 2 is 2.07 bits per heavy atom. The van der Waals surface area contributed by atoms with E-state index in [4.69, 9.17) is 11.0 Å². The SMILES string of the molecule is N#CCc1cncc(CN)c1C(F)F. The maximum absolute atomic E-state index is 12.6. The second kappa shape index (κ2) is 4.63. The zero-order chi connectivity index (χ0) is 10.6. The second-order valence-corrected chi connectivity index (χ2v) is 2.71. The van der Waals surface area contributed by atoms with Crippen molar-refractivity contribution in [1.82, 2.24) is 4.98 Å². The minimum atomic E-state index is -2.61. The lowest BCUT2D eigenvalue weighted by Gasteiger charge is -2.09. The van der Waals surface area contributed by atoms with Gasteiger partial charge in [0, 0.05) is 24.5 Å². The molecule has 1 aromatic heterocycles. The van der Waals surface area contributed by atoms with Crippen LogP contribution in [0.2, 0.25) is 0 Å².